The van der Waals surface area contributed by atoms with Crippen molar-refractivity contribution >= 4 is 39.5 Å². The summed E-state index contributed by atoms with van der Waals surface area (Å²) < 4.78 is 68.1. The van der Waals surface area contributed by atoms with Gasteiger partial charge in [0.25, 0.3) is 0 Å². The highest BCUT2D eigenvalue weighted by atomic mass is 31.2. The fraction of sp³-hybridized carbons (Fsp3) is 0.556. The number of ether oxygens (including phenoxy) is 4. The Kier molecular flexibility index (Phi) is 67.0. The zero-order valence-electron chi connectivity index (χ0n) is 61.0. The van der Waals surface area contributed by atoms with Crippen LogP contribution in [0.2, 0.25) is 0 Å². The van der Waals surface area contributed by atoms with Crippen LogP contribution in [-0.4, -0.2) is 96.7 Å². The molecule has 0 bridgehead atoms. The van der Waals surface area contributed by atoms with Crippen molar-refractivity contribution < 1.29 is 80.2 Å². The fourth-order valence-corrected chi connectivity index (χ4v) is 10.2. The van der Waals surface area contributed by atoms with Gasteiger partial charge in [-0.2, -0.15) is 0 Å². The number of esters is 4. The lowest BCUT2D eigenvalue weighted by Gasteiger charge is -2.21. The van der Waals surface area contributed by atoms with Crippen LogP contribution in [0.1, 0.15) is 233 Å². The molecule has 0 aromatic heterocycles. The average Bonchev–Trinajstić information content (AvgIpc) is 1.06. The van der Waals surface area contributed by atoms with Crippen molar-refractivity contribution in [1.82, 2.24) is 0 Å². The van der Waals surface area contributed by atoms with E-state index in [0.717, 1.165) is 141 Å². The summed E-state index contributed by atoms with van der Waals surface area (Å²) in [6, 6.07) is 0. The molecule has 17 nitrogen and oxygen atoms in total. The smallest absolute Gasteiger partial charge is 0.462 e. The summed E-state index contributed by atoms with van der Waals surface area (Å²) in [6.07, 6.45) is 86.2. The molecule has 0 aliphatic carbocycles. The van der Waals surface area contributed by atoms with E-state index in [1.807, 2.05) is 36.5 Å². The second-order valence-corrected chi connectivity index (χ2v) is 26.3. The summed E-state index contributed by atoms with van der Waals surface area (Å²) >= 11 is 0. The Hall–Kier alpha value is -6.10. The maximum atomic E-state index is 13.1. The van der Waals surface area contributed by atoms with Crippen molar-refractivity contribution in [1.29, 1.82) is 0 Å². The first-order chi connectivity index (χ1) is 48.7. The average molecular weight is 1430 g/mol. The van der Waals surface area contributed by atoms with Crippen molar-refractivity contribution in [2.24, 2.45) is 0 Å². The first-order valence-corrected chi connectivity index (χ1v) is 39.7. The van der Waals surface area contributed by atoms with Crippen LogP contribution >= 0.6 is 15.6 Å². The van der Waals surface area contributed by atoms with Crippen LogP contribution in [0, 0.1) is 0 Å². The number of carbonyl (C=O) groups is 4. The van der Waals surface area contributed by atoms with Gasteiger partial charge >= 0.3 is 39.5 Å². The molecule has 0 aromatic rings. The maximum absolute atomic E-state index is 13.1. The molecule has 0 heterocycles. The first-order valence-electron chi connectivity index (χ1n) is 36.7. The van der Waals surface area contributed by atoms with Crippen LogP contribution in [0.15, 0.2) is 194 Å². The predicted molar refractivity (Wildman–Crippen MR) is 408 cm³/mol. The van der Waals surface area contributed by atoms with Crippen LogP contribution in [0.3, 0.4) is 0 Å². The number of phosphoric ester groups is 2. The summed E-state index contributed by atoms with van der Waals surface area (Å²) in [5, 5.41) is 10.6. The van der Waals surface area contributed by atoms with Gasteiger partial charge in [-0.05, 0) is 154 Å². The van der Waals surface area contributed by atoms with E-state index >= 15 is 0 Å². The molecule has 562 valence electrons. The SMILES string of the molecule is CC/C=C\C/C=C\C/C=C\C/C=C\C/C=C\CCCC(=O)OCC(COP(=O)(O)OCC(O)COP(=O)(O)OCC(COC(=O)C/C=C\C/C=C\C/C=C\C/C=C\C/C=C\CC)OC(=O)CCCCCCC/C=C\C/C=C\CCC)OC(=O)CCCC/C=C\C/C=C\C/C=C\C/C=C\CC. The summed E-state index contributed by atoms with van der Waals surface area (Å²) in [5.41, 5.74) is 0. The molecule has 0 radical (unpaired) electrons. The molecular weight excluding hydrogens is 1310 g/mol. The largest absolute Gasteiger partial charge is 0.472 e. The second kappa shape index (κ2) is 71.3. The molecule has 0 spiro atoms. The van der Waals surface area contributed by atoms with Crippen molar-refractivity contribution in [3.05, 3.63) is 194 Å². The number of phosphoric acid groups is 2. The molecule has 3 N–H and O–H groups in total. The molecule has 0 aromatic carbocycles. The van der Waals surface area contributed by atoms with Gasteiger partial charge in [-0.3, -0.25) is 37.3 Å². The minimum Gasteiger partial charge on any atom is -0.462 e. The number of unbranched alkanes of at least 4 members (excludes halogenated alkanes) is 9. The van der Waals surface area contributed by atoms with E-state index in [2.05, 4.69) is 180 Å². The van der Waals surface area contributed by atoms with Crippen LogP contribution in [0.4, 0.5) is 0 Å². The third-order valence-electron chi connectivity index (χ3n) is 14.0. The Morgan fingerprint density at radius 1 is 0.300 bits per heavy atom. The number of allylic oxidation sites excluding steroid dienone is 31. The number of carbonyl (C=O) groups excluding carboxylic acids is 4. The van der Waals surface area contributed by atoms with Gasteiger partial charge in [0.2, 0.25) is 0 Å². The Bertz CT molecular complexity index is 2670. The molecule has 0 fully saturated rings. The van der Waals surface area contributed by atoms with E-state index in [0.29, 0.717) is 38.5 Å². The van der Waals surface area contributed by atoms with Crippen molar-refractivity contribution in [2.75, 3.05) is 39.6 Å². The summed E-state index contributed by atoms with van der Waals surface area (Å²) in [4.78, 5) is 72.7. The Morgan fingerprint density at radius 2 is 0.570 bits per heavy atom. The molecule has 0 aliphatic rings. The van der Waals surface area contributed by atoms with Gasteiger partial charge in [0.05, 0.1) is 32.8 Å². The Morgan fingerprint density at radius 3 is 0.940 bits per heavy atom. The minimum atomic E-state index is -5.01. The van der Waals surface area contributed by atoms with Gasteiger partial charge < -0.3 is 33.8 Å². The van der Waals surface area contributed by atoms with Gasteiger partial charge in [-0.15, -0.1) is 0 Å². The molecule has 0 aliphatic heterocycles. The molecule has 5 unspecified atom stereocenters. The number of aliphatic hydroxyl groups excluding tert-OH is 1. The molecule has 0 saturated heterocycles. The van der Waals surface area contributed by atoms with Gasteiger partial charge in [-0.25, -0.2) is 9.13 Å². The summed E-state index contributed by atoms with van der Waals surface area (Å²) in [6.45, 7) is 4.15. The second-order valence-electron chi connectivity index (χ2n) is 23.4. The lowest BCUT2D eigenvalue weighted by Crippen LogP contribution is -2.30. The van der Waals surface area contributed by atoms with Gasteiger partial charge in [0.1, 0.15) is 19.3 Å². The van der Waals surface area contributed by atoms with E-state index in [1.165, 1.54) is 0 Å². The topological polar surface area (TPSA) is 237 Å². The number of rotatable bonds is 66. The Balaban J connectivity index is 5.54. The van der Waals surface area contributed by atoms with Gasteiger partial charge in [0, 0.05) is 19.3 Å². The van der Waals surface area contributed by atoms with E-state index in [1.54, 1.807) is 6.08 Å². The molecule has 0 rings (SSSR count). The monoisotopic (exact) mass is 1430 g/mol. The maximum Gasteiger partial charge on any atom is 0.472 e. The van der Waals surface area contributed by atoms with E-state index in [9.17, 15) is 43.2 Å². The number of hydrogen-bond donors (Lipinski definition) is 3. The van der Waals surface area contributed by atoms with Crippen molar-refractivity contribution in [3.63, 3.8) is 0 Å². The highest BCUT2D eigenvalue weighted by Gasteiger charge is 2.30. The number of aliphatic hydroxyl groups is 1. The fourth-order valence-electron chi connectivity index (χ4n) is 8.59. The van der Waals surface area contributed by atoms with E-state index in [4.69, 9.17) is 37.0 Å². The lowest BCUT2D eigenvalue weighted by atomic mass is 10.1. The van der Waals surface area contributed by atoms with Crippen LogP contribution in [0.25, 0.3) is 0 Å². The highest BCUT2D eigenvalue weighted by molar-refractivity contribution is 7.47. The van der Waals surface area contributed by atoms with Gasteiger partial charge in [-0.1, -0.05) is 248 Å². The zero-order valence-corrected chi connectivity index (χ0v) is 62.8. The van der Waals surface area contributed by atoms with Crippen LogP contribution in [-0.2, 0) is 65.4 Å². The molecule has 19 heteroatoms. The lowest BCUT2D eigenvalue weighted by molar-refractivity contribution is -0.161. The van der Waals surface area contributed by atoms with Crippen LogP contribution < -0.4 is 0 Å². The molecular formula is C81H126O17P2. The predicted octanol–water partition coefficient (Wildman–Crippen LogP) is 21.0. The van der Waals surface area contributed by atoms with E-state index < -0.39 is 97.5 Å². The quantitative estimate of drug-likeness (QED) is 0.0169. The standard InChI is InChI=1S/C81H126O17P2/c1-5-9-13-17-21-25-29-33-36-37-40-43-46-50-54-58-62-66-79(84)92-72-77(98-81(86)68-64-60-56-52-48-44-39-35-31-27-23-19-15-11-7-3)74-96-100(89,90)94-70-75(82)69-93-99(87,88)95-73-76(97-80(85)67-63-59-55-51-47-41-32-28-24-20-16-12-8-4)71-91-78(83)65-61-57-53-49-45-42-38-34-30-26-22-18-14-10-6-2/h9-11,13-16,20-23,25-28,32-36,38-40,43,45,48-50,52,54,57,61,75-77,82H,5-8,12,17-19,24,29-31,37,41-42,44,46-47,51,53,55-56,58-60,62-74H2,1-4H3,(H,87,88)(H,89,90)/b13-9-,14-10-,15-11-,20-16-,25-21-,26-22-,27-23-,32-28-,36-33-,38-34-,39-35-,43-40-,49-45-,52-48-,54-50-,61-57-. The zero-order chi connectivity index (χ0) is 73.2. The van der Waals surface area contributed by atoms with Crippen molar-refractivity contribution in [2.45, 2.75) is 251 Å². The normalized spacial score (nSPS) is 15.1. The summed E-state index contributed by atoms with van der Waals surface area (Å²) in [7, 11) is -10.0. The minimum absolute atomic E-state index is 0.0196. The highest BCUT2D eigenvalue weighted by Crippen LogP contribution is 2.45. The molecule has 0 amide bonds. The van der Waals surface area contributed by atoms with Gasteiger partial charge in [0.15, 0.2) is 12.2 Å². The molecule has 100 heavy (non-hydrogen) atoms. The number of hydrogen-bond acceptors (Lipinski definition) is 15. The third kappa shape index (κ3) is 70.3. The third-order valence-corrected chi connectivity index (χ3v) is 16.0. The summed E-state index contributed by atoms with van der Waals surface area (Å²) in [5.74, 6) is -2.48. The van der Waals surface area contributed by atoms with E-state index in [-0.39, 0.29) is 25.7 Å². The first kappa shape index (κ1) is 93.9. The Labute approximate surface area is 602 Å². The molecule has 5 atom stereocenters. The molecule has 0 saturated carbocycles. The van der Waals surface area contributed by atoms with Crippen molar-refractivity contribution in [3.8, 4) is 0 Å². The van der Waals surface area contributed by atoms with Crippen LogP contribution in [0.5, 0.6) is 0 Å².